The number of ether oxygens (including phenoxy) is 2. The Balaban J connectivity index is 1.59. The Labute approximate surface area is 239 Å². The Morgan fingerprint density at radius 3 is 2.77 bits per heavy atom. The molecule has 1 aliphatic heterocycles. The van der Waals surface area contributed by atoms with E-state index in [0.717, 1.165) is 39.2 Å². The summed E-state index contributed by atoms with van der Waals surface area (Å²) in [5.41, 5.74) is 0.512. The Bertz CT molecular complexity index is 1310. The van der Waals surface area contributed by atoms with Gasteiger partial charge in [0.05, 0.1) is 31.9 Å². The van der Waals surface area contributed by atoms with Gasteiger partial charge in [-0.05, 0) is 84.9 Å². The van der Waals surface area contributed by atoms with Gasteiger partial charge in [-0.25, -0.2) is 4.79 Å². The monoisotopic (exact) mass is 569 g/mol. The van der Waals surface area contributed by atoms with Crippen LogP contribution in [0.1, 0.15) is 48.8 Å². The Morgan fingerprint density at radius 2 is 2.10 bits per heavy atom. The first kappa shape index (κ1) is 28.5. The molecule has 8 nitrogen and oxygen atoms in total. The number of aliphatic hydroxyl groups is 2. The van der Waals surface area contributed by atoms with Crippen LogP contribution in [0.2, 0.25) is 5.02 Å². The van der Waals surface area contributed by atoms with Gasteiger partial charge in [0, 0.05) is 23.5 Å². The lowest BCUT2D eigenvalue weighted by Crippen LogP contribution is -2.49. The number of hydrogen-bond donors (Lipinski definition) is 3. The van der Waals surface area contributed by atoms with Crippen molar-refractivity contribution in [2.24, 2.45) is 11.8 Å². The maximum Gasteiger partial charge on any atom is 0.343 e. The lowest BCUT2D eigenvalue weighted by molar-refractivity contribution is -0.169. The molecule has 1 heterocycles. The highest BCUT2D eigenvalue weighted by Gasteiger charge is 2.46. The minimum atomic E-state index is -2.36. The van der Waals surface area contributed by atoms with Crippen LogP contribution in [0.4, 0.5) is 5.69 Å². The maximum absolute atomic E-state index is 12.7. The van der Waals surface area contributed by atoms with E-state index in [2.05, 4.69) is 17.5 Å². The lowest BCUT2D eigenvalue weighted by atomic mass is 9.68. The van der Waals surface area contributed by atoms with Crippen molar-refractivity contribution in [1.82, 2.24) is 0 Å². The number of aliphatic hydroxyl groups excluding tert-OH is 1. The number of anilines is 1. The van der Waals surface area contributed by atoms with Gasteiger partial charge in [0.25, 0.3) is 0 Å². The smallest absolute Gasteiger partial charge is 0.343 e. The van der Waals surface area contributed by atoms with Crippen molar-refractivity contribution < 1.29 is 34.4 Å². The summed E-state index contributed by atoms with van der Waals surface area (Å²) in [5.74, 6) is -1.50. The fourth-order valence-electron chi connectivity index (χ4n) is 6.78. The third-order valence-corrected chi connectivity index (χ3v) is 9.29. The predicted molar refractivity (Wildman–Crippen MR) is 151 cm³/mol. The minimum Gasteiger partial charge on any atom is -0.490 e. The number of benzene rings is 2. The fraction of sp³-hybridized carbons (Fsp3) is 0.484. The van der Waals surface area contributed by atoms with Crippen molar-refractivity contribution >= 4 is 29.2 Å². The van der Waals surface area contributed by atoms with Crippen LogP contribution in [0, 0.1) is 11.8 Å². The van der Waals surface area contributed by atoms with Gasteiger partial charge in [-0.1, -0.05) is 29.8 Å². The molecule has 0 saturated heterocycles. The Hall–Kier alpha value is -3.07. The largest absolute Gasteiger partial charge is 0.490 e. The molecule has 2 aromatic rings. The van der Waals surface area contributed by atoms with Crippen molar-refractivity contribution in [2.45, 2.75) is 55.6 Å². The van der Waals surface area contributed by atoms with E-state index in [-0.39, 0.29) is 22.8 Å². The summed E-state index contributed by atoms with van der Waals surface area (Å²) >= 11 is 6.35. The van der Waals surface area contributed by atoms with Crippen LogP contribution in [-0.4, -0.2) is 60.2 Å². The standard InChI is InChI=1S/C31H36ClNO7/c1-3-26(34)23-9-6-20(23)16-33-17-30(12-4-5-19-13-22(32)8-10-24(19)30)18-40-27-11-7-21(14-25(27)33)31(38,15-28(35)36)29(37)39-2/h3,7-8,10-11,13-14,20,23,26,34,38H,1,4-6,9,12,15-18H2,2H3,(H,35,36)/t20-,23+,26-,30-,31?/m0/s1. The van der Waals surface area contributed by atoms with E-state index >= 15 is 0 Å². The molecule has 5 rings (SSSR count). The average molecular weight is 570 g/mol. The molecule has 1 saturated carbocycles. The molecule has 1 unspecified atom stereocenters. The summed E-state index contributed by atoms with van der Waals surface area (Å²) in [6.07, 6.45) is 4.83. The summed E-state index contributed by atoms with van der Waals surface area (Å²) in [7, 11) is 1.12. The molecule has 0 amide bonds. The van der Waals surface area contributed by atoms with Crippen LogP contribution in [0.15, 0.2) is 49.1 Å². The molecule has 2 aromatic carbocycles. The van der Waals surface area contributed by atoms with Crippen LogP contribution in [0.3, 0.4) is 0 Å². The van der Waals surface area contributed by atoms with E-state index < -0.39 is 30.1 Å². The van der Waals surface area contributed by atoms with E-state index in [1.54, 1.807) is 18.2 Å². The number of carboxylic acids is 1. The average Bonchev–Trinajstić information content (AvgIpc) is 3.07. The van der Waals surface area contributed by atoms with Crippen LogP contribution < -0.4 is 9.64 Å². The van der Waals surface area contributed by atoms with Crippen LogP contribution >= 0.6 is 11.6 Å². The maximum atomic E-state index is 12.7. The molecule has 40 heavy (non-hydrogen) atoms. The minimum absolute atomic E-state index is 0.0840. The zero-order valence-corrected chi connectivity index (χ0v) is 23.4. The summed E-state index contributed by atoms with van der Waals surface area (Å²) < 4.78 is 11.3. The second kappa shape index (κ2) is 11.1. The molecule has 5 atom stereocenters. The number of methoxy groups -OCH3 is 1. The van der Waals surface area contributed by atoms with Gasteiger partial charge < -0.3 is 29.7 Å². The van der Waals surface area contributed by atoms with E-state index in [4.69, 9.17) is 21.1 Å². The van der Waals surface area contributed by atoms with Crippen molar-refractivity contribution in [1.29, 1.82) is 0 Å². The van der Waals surface area contributed by atoms with Gasteiger partial charge in [-0.2, -0.15) is 0 Å². The van der Waals surface area contributed by atoms with Gasteiger partial charge in [0.1, 0.15) is 5.75 Å². The quantitative estimate of drug-likeness (QED) is 0.320. The lowest BCUT2D eigenvalue weighted by Gasteiger charge is -2.45. The van der Waals surface area contributed by atoms with Gasteiger partial charge in [0.2, 0.25) is 0 Å². The van der Waals surface area contributed by atoms with Gasteiger partial charge >= 0.3 is 11.9 Å². The van der Waals surface area contributed by atoms with Gasteiger partial charge in [-0.3, -0.25) is 4.79 Å². The third-order valence-electron chi connectivity index (χ3n) is 9.06. The highest BCUT2D eigenvalue weighted by atomic mass is 35.5. The number of nitrogens with zero attached hydrogens (tertiary/aromatic N) is 1. The number of carbonyl (C=O) groups excluding carboxylic acids is 1. The second-order valence-corrected chi connectivity index (χ2v) is 11.9. The number of rotatable bonds is 8. The molecule has 9 heteroatoms. The van der Waals surface area contributed by atoms with E-state index in [1.807, 2.05) is 12.1 Å². The summed E-state index contributed by atoms with van der Waals surface area (Å²) in [4.78, 5) is 26.5. The normalized spacial score (nSPS) is 25.8. The summed E-state index contributed by atoms with van der Waals surface area (Å²) in [6.45, 7) is 5.44. The SMILES string of the molecule is C=C[C@H](O)[C@@H]1CC[C@H]1CN1C[C@@]2(CCCc3cc(Cl)ccc32)COc2ccc(C(O)(CC(=O)O)C(=O)OC)cc21. The van der Waals surface area contributed by atoms with E-state index in [0.29, 0.717) is 36.2 Å². The number of carbonyl (C=O) groups is 2. The number of aliphatic carboxylic acids is 1. The number of fused-ring (bicyclic) bond motifs is 3. The first-order valence-electron chi connectivity index (χ1n) is 13.7. The zero-order chi connectivity index (χ0) is 28.7. The molecule has 214 valence electrons. The molecule has 1 spiro atoms. The topological polar surface area (TPSA) is 117 Å². The summed E-state index contributed by atoms with van der Waals surface area (Å²) in [6, 6.07) is 10.9. The molecule has 0 bridgehead atoms. The number of halogens is 1. The van der Waals surface area contributed by atoms with Crippen molar-refractivity contribution in [3.8, 4) is 5.75 Å². The van der Waals surface area contributed by atoms with Crippen LogP contribution in [-0.2, 0) is 31.8 Å². The highest BCUT2D eigenvalue weighted by molar-refractivity contribution is 6.30. The molecule has 0 radical (unpaired) electrons. The van der Waals surface area contributed by atoms with Crippen molar-refractivity contribution in [3.63, 3.8) is 0 Å². The van der Waals surface area contributed by atoms with Crippen LogP contribution in [0.25, 0.3) is 0 Å². The Kier molecular flexibility index (Phi) is 7.88. The fourth-order valence-corrected chi connectivity index (χ4v) is 6.97. The van der Waals surface area contributed by atoms with E-state index in [1.165, 1.54) is 17.2 Å². The molecule has 0 aromatic heterocycles. The van der Waals surface area contributed by atoms with Gasteiger partial charge in [-0.15, -0.1) is 6.58 Å². The summed E-state index contributed by atoms with van der Waals surface area (Å²) in [5, 5.41) is 32.0. The first-order valence-corrected chi connectivity index (χ1v) is 14.1. The van der Waals surface area contributed by atoms with Crippen molar-refractivity contribution in [2.75, 3.05) is 31.7 Å². The first-order chi connectivity index (χ1) is 19.1. The molecule has 3 aliphatic rings. The highest BCUT2D eigenvalue weighted by Crippen LogP contribution is 2.47. The Morgan fingerprint density at radius 1 is 1.30 bits per heavy atom. The van der Waals surface area contributed by atoms with Crippen LogP contribution in [0.5, 0.6) is 5.75 Å². The second-order valence-electron chi connectivity index (χ2n) is 11.4. The third kappa shape index (κ3) is 5.08. The number of hydrogen-bond acceptors (Lipinski definition) is 7. The molecule has 1 fully saturated rings. The molecular weight excluding hydrogens is 534 g/mol. The number of carboxylic acid groups (broad SMARTS) is 1. The molecular formula is C31H36ClNO7. The molecule has 3 N–H and O–H groups in total. The molecule has 2 aliphatic carbocycles. The predicted octanol–water partition coefficient (Wildman–Crippen LogP) is 4.22. The zero-order valence-electron chi connectivity index (χ0n) is 22.6. The number of esters is 1. The number of aryl methyl sites for hydroxylation is 1. The van der Waals surface area contributed by atoms with Crippen molar-refractivity contribution in [3.05, 3.63) is 70.8 Å². The van der Waals surface area contributed by atoms with E-state index in [9.17, 15) is 24.9 Å². The van der Waals surface area contributed by atoms with Gasteiger partial charge in [0.15, 0.2) is 5.60 Å².